The molecule has 3 N–H and O–H groups in total. The Kier molecular flexibility index (Phi) is 5.27. The van der Waals surface area contributed by atoms with E-state index in [9.17, 15) is 4.79 Å². The molecular weight excluding hydrogens is 315 g/mol. The lowest BCUT2D eigenvalue weighted by molar-refractivity contribution is 0.0653. The van der Waals surface area contributed by atoms with Crippen LogP contribution in [0.4, 0.5) is 0 Å². The lowest BCUT2D eigenvalue weighted by atomic mass is 10.2. The summed E-state index contributed by atoms with van der Waals surface area (Å²) in [6.45, 7) is 2.84. The maximum Gasteiger partial charge on any atom is 0.255 e. The van der Waals surface area contributed by atoms with Gasteiger partial charge >= 0.3 is 0 Å². The van der Waals surface area contributed by atoms with Gasteiger partial charge in [-0.2, -0.15) is 0 Å². The van der Waals surface area contributed by atoms with Gasteiger partial charge in [0.25, 0.3) is 5.91 Å². The number of rotatable bonds is 3. The van der Waals surface area contributed by atoms with Crippen LogP contribution < -0.4 is 5.73 Å². The van der Waals surface area contributed by atoms with E-state index < -0.39 is 0 Å². The second-order valence-corrected chi connectivity index (χ2v) is 5.63. The molecule has 6 nitrogen and oxygen atoms in total. The molecule has 1 heterocycles. The van der Waals surface area contributed by atoms with Crippen molar-refractivity contribution in [2.75, 3.05) is 32.7 Å². The van der Waals surface area contributed by atoms with Crippen LogP contribution in [0.15, 0.2) is 23.4 Å². The number of halogens is 2. The normalized spacial score (nSPS) is 17.0. The number of carbonyl (C=O) groups is 1. The number of carbonyl (C=O) groups excluding carboxylic acids is 1. The van der Waals surface area contributed by atoms with E-state index in [1.54, 1.807) is 23.1 Å². The van der Waals surface area contributed by atoms with Gasteiger partial charge in [-0.1, -0.05) is 28.4 Å². The number of nitrogens with two attached hydrogens (primary N) is 1. The third kappa shape index (κ3) is 4.00. The molecule has 21 heavy (non-hydrogen) atoms. The summed E-state index contributed by atoms with van der Waals surface area (Å²) < 4.78 is 0. The van der Waals surface area contributed by atoms with E-state index in [0.29, 0.717) is 48.3 Å². The predicted octanol–water partition coefficient (Wildman–Crippen LogP) is 1.50. The fourth-order valence-corrected chi connectivity index (χ4v) is 2.69. The summed E-state index contributed by atoms with van der Waals surface area (Å²) in [5, 5.41) is 12.4. The standard InChI is InChI=1S/C13H16Cl2N4O2/c14-9-1-2-10(11(15)7-9)13(20)19-5-3-18(4-6-19)8-12(16)17-21/h1-2,7,21H,3-6,8H2,(H2,16,17). The smallest absolute Gasteiger partial charge is 0.255 e. The number of benzene rings is 1. The van der Waals surface area contributed by atoms with Crippen molar-refractivity contribution in [3.05, 3.63) is 33.8 Å². The predicted molar refractivity (Wildman–Crippen MR) is 82.2 cm³/mol. The van der Waals surface area contributed by atoms with Crippen LogP contribution >= 0.6 is 23.2 Å². The molecule has 0 saturated carbocycles. The fraction of sp³-hybridized carbons (Fsp3) is 0.385. The van der Waals surface area contributed by atoms with Gasteiger partial charge in [-0.05, 0) is 18.2 Å². The molecule has 0 atom stereocenters. The number of piperazine rings is 1. The Balaban J connectivity index is 1.97. The van der Waals surface area contributed by atoms with Gasteiger partial charge in [-0.3, -0.25) is 9.69 Å². The van der Waals surface area contributed by atoms with Crippen molar-refractivity contribution in [1.82, 2.24) is 9.80 Å². The number of hydrogen-bond acceptors (Lipinski definition) is 4. The molecule has 0 aromatic heterocycles. The maximum absolute atomic E-state index is 12.4. The molecule has 0 radical (unpaired) electrons. The van der Waals surface area contributed by atoms with E-state index in [-0.39, 0.29) is 11.7 Å². The zero-order valence-corrected chi connectivity index (χ0v) is 12.8. The molecule has 0 spiro atoms. The molecule has 0 bridgehead atoms. The van der Waals surface area contributed by atoms with Gasteiger partial charge < -0.3 is 15.8 Å². The first-order valence-corrected chi connectivity index (χ1v) is 7.20. The summed E-state index contributed by atoms with van der Waals surface area (Å²) in [6.07, 6.45) is 0. The van der Waals surface area contributed by atoms with Crippen LogP contribution in [0.25, 0.3) is 0 Å². The van der Waals surface area contributed by atoms with Crippen LogP contribution in [-0.2, 0) is 0 Å². The second-order valence-electron chi connectivity index (χ2n) is 4.78. The van der Waals surface area contributed by atoms with Crippen molar-refractivity contribution >= 4 is 34.9 Å². The number of hydrogen-bond donors (Lipinski definition) is 2. The number of amidine groups is 1. The molecule has 1 fully saturated rings. The second kappa shape index (κ2) is 6.98. The third-order valence-electron chi connectivity index (χ3n) is 3.34. The first-order valence-electron chi connectivity index (χ1n) is 6.44. The molecule has 1 aromatic rings. The van der Waals surface area contributed by atoms with Crippen molar-refractivity contribution in [1.29, 1.82) is 0 Å². The molecule has 2 rings (SSSR count). The largest absolute Gasteiger partial charge is 0.409 e. The molecular formula is C13H16Cl2N4O2. The highest BCUT2D eigenvalue weighted by Crippen LogP contribution is 2.22. The highest BCUT2D eigenvalue weighted by molar-refractivity contribution is 6.36. The Morgan fingerprint density at radius 1 is 1.29 bits per heavy atom. The molecule has 1 aliphatic rings. The summed E-state index contributed by atoms with van der Waals surface area (Å²) in [6, 6.07) is 4.84. The lowest BCUT2D eigenvalue weighted by Gasteiger charge is -2.34. The van der Waals surface area contributed by atoms with Crippen molar-refractivity contribution in [3.8, 4) is 0 Å². The average Bonchev–Trinajstić information content (AvgIpc) is 2.47. The zero-order chi connectivity index (χ0) is 15.4. The van der Waals surface area contributed by atoms with E-state index in [1.165, 1.54) is 0 Å². The Morgan fingerprint density at radius 2 is 1.95 bits per heavy atom. The highest BCUT2D eigenvalue weighted by Gasteiger charge is 2.23. The van der Waals surface area contributed by atoms with Crippen LogP contribution in [0.5, 0.6) is 0 Å². The van der Waals surface area contributed by atoms with Crippen LogP contribution in [0, 0.1) is 0 Å². The Hall–Kier alpha value is -1.50. The minimum Gasteiger partial charge on any atom is -0.409 e. The molecule has 0 aliphatic carbocycles. The third-order valence-corrected chi connectivity index (χ3v) is 3.88. The van der Waals surface area contributed by atoms with E-state index in [2.05, 4.69) is 5.16 Å². The van der Waals surface area contributed by atoms with Gasteiger partial charge in [-0.15, -0.1) is 0 Å². The van der Waals surface area contributed by atoms with Gasteiger partial charge in [0.2, 0.25) is 0 Å². The van der Waals surface area contributed by atoms with E-state index in [0.717, 1.165) is 0 Å². The summed E-state index contributed by atoms with van der Waals surface area (Å²) >= 11 is 11.9. The number of nitrogens with zero attached hydrogens (tertiary/aromatic N) is 3. The number of amides is 1. The topological polar surface area (TPSA) is 82.2 Å². The monoisotopic (exact) mass is 330 g/mol. The molecule has 0 unspecified atom stereocenters. The zero-order valence-electron chi connectivity index (χ0n) is 11.3. The molecule has 1 aromatic carbocycles. The van der Waals surface area contributed by atoms with Crippen molar-refractivity contribution in [2.24, 2.45) is 10.9 Å². The first-order chi connectivity index (χ1) is 10.0. The van der Waals surface area contributed by atoms with Crippen LogP contribution in [0.1, 0.15) is 10.4 Å². The van der Waals surface area contributed by atoms with Crippen LogP contribution in [-0.4, -0.2) is 59.5 Å². The Morgan fingerprint density at radius 3 is 2.52 bits per heavy atom. The minimum absolute atomic E-state index is 0.111. The summed E-state index contributed by atoms with van der Waals surface area (Å²) in [4.78, 5) is 16.2. The highest BCUT2D eigenvalue weighted by atomic mass is 35.5. The van der Waals surface area contributed by atoms with Gasteiger partial charge in [0.05, 0.1) is 17.1 Å². The summed E-state index contributed by atoms with van der Waals surface area (Å²) in [5.41, 5.74) is 5.92. The van der Waals surface area contributed by atoms with E-state index >= 15 is 0 Å². The minimum atomic E-state index is -0.111. The van der Waals surface area contributed by atoms with Crippen LogP contribution in [0.2, 0.25) is 10.0 Å². The Labute approximate surface area is 132 Å². The molecule has 8 heteroatoms. The molecule has 1 aliphatic heterocycles. The SMILES string of the molecule is NC(CN1CCN(C(=O)c2ccc(Cl)cc2Cl)CC1)=NO. The number of oxime groups is 1. The average molecular weight is 331 g/mol. The lowest BCUT2D eigenvalue weighted by Crippen LogP contribution is -2.50. The van der Waals surface area contributed by atoms with Crippen molar-refractivity contribution < 1.29 is 10.0 Å². The van der Waals surface area contributed by atoms with Gasteiger partial charge in [0.1, 0.15) is 0 Å². The molecule has 1 amide bonds. The van der Waals surface area contributed by atoms with Crippen LogP contribution in [0.3, 0.4) is 0 Å². The first kappa shape index (κ1) is 15.9. The van der Waals surface area contributed by atoms with E-state index in [4.69, 9.17) is 34.1 Å². The van der Waals surface area contributed by atoms with Gasteiger partial charge in [0.15, 0.2) is 5.84 Å². The summed E-state index contributed by atoms with van der Waals surface area (Å²) in [5.74, 6) is 0.0515. The molecule has 114 valence electrons. The van der Waals surface area contributed by atoms with Crippen molar-refractivity contribution in [2.45, 2.75) is 0 Å². The Bertz CT molecular complexity index is 557. The van der Waals surface area contributed by atoms with Gasteiger partial charge in [0, 0.05) is 31.2 Å². The van der Waals surface area contributed by atoms with Gasteiger partial charge in [-0.25, -0.2) is 0 Å². The van der Waals surface area contributed by atoms with Crippen molar-refractivity contribution in [3.63, 3.8) is 0 Å². The quantitative estimate of drug-likeness (QED) is 0.381. The van der Waals surface area contributed by atoms with E-state index in [1.807, 2.05) is 4.90 Å². The maximum atomic E-state index is 12.4. The molecule has 1 saturated heterocycles. The summed E-state index contributed by atoms with van der Waals surface area (Å²) in [7, 11) is 0. The fourth-order valence-electron chi connectivity index (χ4n) is 2.20.